The van der Waals surface area contributed by atoms with Crippen molar-refractivity contribution in [2.45, 2.75) is 29.3 Å². The van der Waals surface area contributed by atoms with Gasteiger partial charge in [-0.25, -0.2) is 4.68 Å². The number of nitro benzene ring substituents is 1. The third kappa shape index (κ3) is 3.79. The quantitative estimate of drug-likeness (QED) is 0.447. The van der Waals surface area contributed by atoms with Crippen LogP contribution in [0, 0.1) is 15.5 Å². The summed E-state index contributed by atoms with van der Waals surface area (Å²) in [7, 11) is 1.68. The summed E-state index contributed by atoms with van der Waals surface area (Å²) in [5.74, 6) is -0.434. The Morgan fingerprint density at radius 1 is 1.19 bits per heavy atom. The van der Waals surface area contributed by atoms with Gasteiger partial charge in [-0.1, -0.05) is 6.42 Å². The van der Waals surface area contributed by atoms with Gasteiger partial charge in [0, 0.05) is 54.0 Å². The Hall–Kier alpha value is -3.47. The Labute approximate surface area is 188 Å². The van der Waals surface area contributed by atoms with Crippen LogP contribution in [-0.4, -0.2) is 44.1 Å². The van der Waals surface area contributed by atoms with Gasteiger partial charge in [0.15, 0.2) is 0 Å². The van der Waals surface area contributed by atoms with Crippen molar-refractivity contribution in [3.8, 4) is 0 Å². The lowest BCUT2D eigenvalue weighted by Gasteiger charge is -2.57. The molecule has 11 heteroatoms. The van der Waals surface area contributed by atoms with Crippen molar-refractivity contribution in [1.29, 1.82) is 0 Å². The molecule has 2 fully saturated rings. The number of nitro groups is 1. The van der Waals surface area contributed by atoms with Gasteiger partial charge in [-0.2, -0.15) is 0 Å². The highest BCUT2D eigenvalue weighted by molar-refractivity contribution is 7.99. The van der Waals surface area contributed by atoms with Crippen LogP contribution in [0.25, 0.3) is 0 Å². The van der Waals surface area contributed by atoms with Crippen LogP contribution in [0.1, 0.15) is 29.6 Å². The second-order valence-corrected chi connectivity index (χ2v) is 9.34. The molecule has 2 heterocycles. The molecule has 1 saturated carbocycles. The fraction of sp³-hybridized carbons (Fsp3) is 0.333. The van der Waals surface area contributed by atoms with Crippen molar-refractivity contribution in [3.05, 3.63) is 58.1 Å². The minimum absolute atomic E-state index is 0.159. The summed E-state index contributed by atoms with van der Waals surface area (Å²) in [6.07, 6.45) is 3.99. The highest BCUT2D eigenvalue weighted by Gasteiger charge is 2.47. The summed E-state index contributed by atoms with van der Waals surface area (Å²) in [6, 6.07) is 11.9. The van der Waals surface area contributed by atoms with E-state index in [0.29, 0.717) is 21.2 Å². The van der Waals surface area contributed by atoms with Gasteiger partial charge in [-0.15, -0.1) is 5.10 Å². The molecule has 2 aromatic carbocycles. The predicted molar refractivity (Wildman–Crippen MR) is 119 cm³/mol. The minimum atomic E-state index is -0.522. The second kappa shape index (κ2) is 7.90. The fourth-order valence-electron chi connectivity index (χ4n) is 4.20. The molecule has 2 aliphatic rings. The van der Waals surface area contributed by atoms with E-state index < -0.39 is 10.8 Å². The summed E-state index contributed by atoms with van der Waals surface area (Å²) >= 11 is 1.17. The Balaban J connectivity index is 1.33. The molecule has 1 aliphatic heterocycles. The Bertz CT molecular complexity index is 1180. The molecule has 1 aromatic heterocycles. The lowest BCUT2D eigenvalue weighted by atomic mass is 9.63. The number of carbonyl (C=O) groups is 1. The third-order valence-electron chi connectivity index (χ3n) is 6.16. The number of aromatic nitrogens is 4. The number of nitrogens with zero attached hydrogens (tertiary/aromatic N) is 6. The molecule has 164 valence electrons. The number of amides is 1. The molecule has 0 bridgehead atoms. The lowest BCUT2D eigenvalue weighted by molar-refractivity contribution is -0.384. The number of tetrazole rings is 1. The van der Waals surface area contributed by atoms with Gasteiger partial charge in [0.1, 0.15) is 0 Å². The zero-order valence-corrected chi connectivity index (χ0v) is 18.2. The van der Waals surface area contributed by atoms with Crippen LogP contribution in [0.4, 0.5) is 17.1 Å². The lowest BCUT2D eigenvalue weighted by Crippen LogP contribution is -2.59. The predicted octanol–water partition coefficient (Wildman–Crippen LogP) is 3.51. The van der Waals surface area contributed by atoms with Crippen molar-refractivity contribution in [2.75, 3.05) is 23.3 Å². The zero-order valence-electron chi connectivity index (χ0n) is 17.4. The molecular formula is C21H21N7O3S. The molecular weight excluding hydrogens is 430 g/mol. The summed E-state index contributed by atoms with van der Waals surface area (Å²) in [5, 5.41) is 25.8. The van der Waals surface area contributed by atoms with E-state index in [4.69, 9.17) is 0 Å². The maximum atomic E-state index is 13.0. The summed E-state index contributed by atoms with van der Waals surface area (Å²) in [6.45, 7) is 2.20. The number of anilines is 2. The van der Waals surface area contributed by atoms with E-state index in [1.54, 1.807) is 7.05 Å². The molecule has 1 aliphatic carbocycles. The first-order valence-electron chi connectivity index (χ1n) is 10.3. The van der Waals surface area contributed by atoms with Crippen molar-refractivity contribution >= 4 is 34.7 Å². The van der Waals surface area contributed by atoms with Crippen LogP contribution in [0.3, 0.4) is 0 Å². The molecule has 1 N–H and O–H groups in total. The first-order chi connectivity index (χ1) is 15.4. The molecule has 0 unspecified atom stereocenters. The first kappa shape index (κ1) is 20.4. The average molecular weight is 452 g/mol. The average Bonchev–Trinajstić information content (AvgIpc) is 3.11. The van der Waals surface area contributed by atoms with E-state index in [9.17, 15) is 14.9 Å². The normalized spacial score (nSPS) is 16.3. The number of hydrogen-bond donors (Lipinski definition) is 1. The van der Waals surface area contributed by atoms with Gasteiger partial charge < -0.3 is 10.2 Å². The third-order valence-corrected chi connectivity index (χ3v) is 7.26. The standard InChI is InChI=1S/C21H21N7O3S/c1-26-20(23-24-25-26)32-18-8-7-16(28(30)31)11-17(18)19(29)22-14-3-5-15(6-4-14)27-12-21(13-27)9-2-10-21/h3-8,11H,2,9-10,12-13H2,1H3,(H,22,29). The molecule has 0 atom stereocenters. The van der Waals surface area contributed by atoms with Crippen LogP contribution in [0.15, 0.2) is 52.5 Å². The first-order valence-corrected chi connectivity index (χ1v) is 11.1. The fourth-order valence-corrected chi connectivity index (χ4v) is 5.04. The van der Waals surface area contributed by atoms with Crippen LogP contribution in [-0.2, 0) is 7.05 Å². The Morgan fingerprint density at radius 2 is 1.94 bits per heavy atom. The monoisotopic (exact) mass is 451 g/mol. The van der Waals surface area contributed by atoms with Crippen LogP contribution in [0.2, 0.25) is 0 Å². The highest BCUT2D eigenvalue weighted by atomic mass is 32.2. The molecule has 3 aromatic rings. The van der Waals surface area contributed by atoms with E-state index in [1.165, 1.54) is 53.9 Å². The van der Waals surface area contributed by atoms with Crippen molar-refractivity contribution < 1.29 is 9.72 Å². The van der Waals surface area contributed by atoms with Gasteiger partial charge in [0.2, 0.25) is 5.16 Å². The number of nitrogens with one attached hydrogen (secondary N) is 1. The number of hydrogen-bond acceptors (Lipinski definition) is 8. The molecule has 0 radical (unpaired) electrons. The molecule has 1 spiro atoms. The van der Waals surface area contributed by atoms with Gasteiger partial charge in [-0.3, -0.25) is 14.9 Å². The minimum Gasteiger partial charge on any atom is -0.370 e. The number of benzene rings is 2. The van der Waals surface area contributed by atoms with Gasteiger partial charge >= 0.3 is 0 Å². The Kier molecular flexibility index (Phi) is 5.04. The van der Waals surface area contributed by atoms with Gasteiger partial charge in [0.05, 0.1) is 10.5 Å². The number of carbonyl (C=O) groups excluding carboxylic acids is 1. The molecule has 10 nitrogen and oxygen atoms in total. The van der Waals surface area contributed by atoms with E-state index in [0.717, 1.165) is 18.8 Å². The SMILES string of the molecule is Cn1nnnc1Sc1ccc([N+](=O)[O-])cc1C(=O)Nc1ccc(N2CC3(CCC3)C2)cc1. The number of non-ortho nitro benzene ring substituents is 1. The molecule has 1 amide bonds. The molecule has 1 saturated heterocycles. The zero-order chi connectivity index (χ0) is 22.3. The Morgan fingerprint density at radius 3 is 2.53 bits per heavy atom. The van der Waals surface area contributed by atoms with E-state index in [2.05, 4.69) is 25.7 Å². The van der Waals surface area contributed by atoms with Crippen molar-refractivity contribution in [2.24, 2.45) is 12.5 Å². The summed E-state index contributed by atoms with van der Waals surface area (Å²) < 4.78 is 1.47. The van der Waals surface area contributed by atoms with E-state index >= 15 is 0 Å². The van der Waals surface area contributed by atoms with E-state index in [1.807, 2.05) is 24.3 Å². The number of aryl methyl sites for hydroxylation is 1. The molecule has 32 heavy (non-hydrogen) atoms. The highest BCUT2D eigenvalue weighted by Crippen LogP contribution is 2.49. The maximum Gasteiger partial charge on any atom is 0.270 e. The van der Waals surface area contributed by atoms with Crippen molar-refractivity contribution in [1.82, 2.24) is 20.2 Å². The van der Waals surface area contributed by atoms with Crippen molar-refractivity contribution in [3.63, 3.8) is 0 Å². The van der Waals surface area contributed by atoms with Gasteiger partial charge in [0.25, 0.3) is 11.6 Å². The smallest absolute Gasteiger partial charge is 0.270 e. The summed E-state index contributed by atoms with van der Waals surface area (Å²) in [4.78, 5) is 26.6. The number of rotatable bonds is 6. The second-order valence-electron chi connectivity index (χ2n) is 8.34. The largest absolute Gasteiger partial charge is 0.370 e. The molecule has 5 rings (SSSR count). The van der Waals surface area contributed by atoms with Crippen LogP contribution < -0.4 is 10.2 Å². The topological polar surface area (TPSA) is 119 Å². The van der Waals surface area contributed by atoms with Crippen LogP contribution in [0.5, 0.6) is 0 Å². The maximum absolute atomic E-state index is 13.0. The summed E-state index contributed by atoms with van der Waals surface area (Å²) in [5.41, 5.74) is 2.34. The van der Waals surface area contributed by atoms with Crippen LogP contribution >= 0.6 is 11.8 Å². The van der Waals surface area contributed by atoms with E-state index in [-0.39, 0.29) is 11.3 Å². The van der Waals surface area contributed by atoms with Gasteiger partial charge in [-0.05, 0) is 65.4 Å².